The van der Waals surface area contributed by atoms with E-state index in [1.165, 1.54) is 34.7 Å². The summed E-state index contributed by atoms with van der Waals surface area (Å²) in [6, 6.07) is 9.43. The number of pyridine rings is 1. The van der Waals surface area contributed by atoms with Gasteiger partial charge in [0.2, 0.25) is 15.9 Å². The van der Waals surface area contributed by atoms with Crippen LogP contribution in [0.2, 0.25) is 0 Å². The molecule has 1 amide bonds. The number of hydrogen-bond acceptors (Lipinski definition) is 5. The Labute approximate surface area is 196 Å². The average Bonchev–Trinajstić information content (AvgIpc) is 3.39. The monoisotopic (exact) mass is 468 g/mol. The molecule has 1 aromatic heterocycles. The summed E-state index contributed by atoms with van der Waals surface area (Å²) in [5.74, 6) is 0.259. The maximum atomic E-state index is 13.2. The largest absolute Gasteiger partial charge is 0.370 e. The number of carbonyl (C=O) groups is 1. The van der Waals surface area contributed by atoms with E-state index < -0.39 is 10.0 Å². The number of aromatic nitrogens is 1. The van der Waals surface area contributed by atoms with Crippen molar-refractivity contribution < 1.29 is 13.2 Å². The van der Waals surface area contributed by atoms with Crippen molar-refractivity contribution in [2.45, 2.75) is 56.3 Å². The molecule has 2 fully saturated rings. The first-order valence-electron chi connectivity index (χ1n) is 12.1. The highest BCUT2D eigenvalue weighted by atomic mass is 32.2. The van der Waals surface area contributed by atoms with E-state index in [0.717, 1.165) is 38.0 Å². The highest BCUT2D eigenvalue weighted by Crippen LogP contribution is 2.29. The molecule has 0 saturated carbocycles. The van der Waals surface area contributed by atoms with Gasteiger partial charge in [0.25, 0.3) is 0 Å². The maximum absolute atomic E-state index is 13.2. The van der Waals surface area contributed by atoms with Crippen LogP contribution in [0, 0.1) is 5.92 Å². The van der Waals surface area contributed by atoms with E-state index in [1.807, 2.05) is 30.5 Å². The van der Waals surface area contributed by atoms with Crippen molar-refractivity contribution >= 4 is 27.4 Å². The van der Waals surface area contributed by atoms with Gasteiger partial charge in [-0.1, -0.05) is 6.07 Å². The van der Waals surface area contributed by atoms with Crippen LogP contribution < -0.4 is 10.2 Å². The van der Waals surface area contributed by atoms with E-state index in [9.17, 15) is 13.2 Å². The number of anilines is 2. The summed E-state index contributed by atoms with van der Waals surface area (Å²) in [4.78, 5) is 19.9. The molecule has 0 bridgehead atoms. The summed E-state index contributed by atoms with van der Waals surface area (Å²) in [5.41, 5.74) is 3.53. The van der Waals surface area contributed by atoms with Gasteiger partial charge in [0.05, 0.1) is 16.8 Å². The molecule has 8 heteroatoms. The molecular weight excluding hydrogens is 436 g/mol. The molecule has 1 aromatic carbocycles. The van der Waals surface area contributed by atoms with E-state index in [-0.39, 0.29) is 11.8 Å². The fraction of sp³-hybridized carbons (Fsp3) is 0.520. The molecule has 33 heavy (non-hydrogen) atoms. The van der Waals surface area contributed by atoms with Crippen LogP contribution in [0.15, 0.2) is 41.4 Å². The van der Waals surface area contributed by atoms with Gasteiger partial charge in [-0.2, -0.15) is 4.31 Å². The van der Waals surface area contributed by atoms with Crippen molar-refractivity contribution in [3.63, 3.8) is 0 Å². The topological polar surface area (TPSA) is 82.6 Å². The van der Waals surface area contributed by atoms with Gasteiger partial charge in [0.1, 0.15) is 5.82 Å². The van der Waals surface area contributed by atoms with Gasteiger partial charge in [0, 0.05) is 32.1 Å². The Morgan fingerprint density at radius 2 is 1.64 bits per heavy atom. The minimum Gasteiger partial charge on any atom is -0.370 e. The van der Waals surface area contributed by atoms with E-state index in [4.69, 9.17) is 0 Å². The summed E-state index contributed by atoms with van der Waals surface area (Å²) < 4.78 is 27.9. The van der Waals surface area contributed by atoms with Crippen LogP contribution >= 0.6 is 0 Å². The third-order valence-electron chi connectivity index (χ3n) is 7.25. The van der Waals surface area contributed by atoms with Gasteiger partial charge in [-0.05, 0) is 86.8 Å². The quantitative estimate of drug-likeness (QED) is 0.725. The predicted octanol–water partition coefficient (Wildman–Crippen LogP) is 3.60. The Hall–Kier alpha value is -2.45. The van der Waals surface area contributed by atoms with Crippen LogP contribution in [0.3, 0.4) is 0 Å². The van der Waals surface area contributed by atoms with Crippen molar-refractivity contribution in [3.8, 4) is 0 Å². The van der Waals surface area contributed by atoms with Crippen molar-refractivity contribution in [2.24, 2.45) is 5.92 Å². The number of nitrogens with one attached hydrogen (secondary N) is 1. The molecule has 0 atom stereocenters. The van der Waals surface area contributed by atoms with Gasteiger partial charge in [-0.15, -0.1) is 0 Å². The summed E-state index contributed by atoms with van der Waals surface area (Å²) in [5, 5.41) is 2.91. The van der Waals surface area contributed by atoms with Crippen molar-refractivity contribution in [3.05, 3.63) is 47.7 Å². The van der Waals surface area contributed by atoms with E-state index in [0.29, 0.717) is 36.6 Å². The number of nitrogens with zero attached hydrogens (tertiary/aromatic N) is 3. The first kappa shape index (κ1) is 22.3. The van der Waals surface area contributed by atoms with Crippen LogP contribution in [0.1, 0.15) is 49.7 Å². The SMILES string of the molecule is O=C(Nc1ccc(N2CCCC2)cn1)C1CCN(S(=O)(=O)c2ccc3c(c2)CCCC3)CC1. The second kappa shape index (κ2) is 9.43. The normalized spacial score (nSPS) is 19.9. The van der Waals surface area contributed by atoms with Gasteiger partial charge in [0.15, 0.2) is 0 Å². The highest BCUT2D eigenvalue weighted by Gasteiger charge is 2.32. The molecule has 7 nitrogen and oxygen atoms in total. The number of fused-ring (bicyclic) bond motifs is 1. The highest BCUT2D eigenvalue weighted by molar-refractivity contribution is 7.89. The smallest absolute Gasteiger partial charge is 0.243 e. The van der Waals surface area contributed by atoms with Crippen LogP contribution in [0.5, 0.6) is 0 Å². The molecule has 176 valence electrons. The van der Waals surface area contributed by atoms with Crippen LogP contribution in [-0.4, -0.2) is 49.8 Å². The molecule has 0 unspecified atom stereocenters. The number of rotatable bonds is 5. The van der Waals surface area contributed by atoms with Crippen LogP contribution in [0.4, 0.5) is 11.5 Å². The van der Waals surface area contributed by atoms with Gasteiger partial charge < -0.3 is 10.2 Å². The zero-order chi connectivity index (χ0) is 22.8. The number of sulfonamides is 1. The Morgan fingerprint density at radius 3 is 2.33 bits per heavy atom. The minimum atomic E-state index is -3.53. The van der Waals surface area contributed by atoms with Crippen molar-refractivity contribution in [1.82, 2.24) is 9.29 Å². The van der Waals surface area contributed by atoms with E-state index in [2.05, 4.69) is 15.2 Å². The molecule has 2 aromatic rings. The summed E-state index contributed by atoms with van der Waals surface area (Å²) in [6.07, 6.45) is 9.54. The third kappa shape index (κ3) is 4.77. The average molecular weight is 469 g/mol. The molecule has 0 spiro atoms. The molecule has 2 aliphatic heterocycles. The first-order valence-corrected chi connectivity index (χ1v) is 13.6. The minimum absolute atomic E-state index is 0.0812. The fourth-order valence-corrected chi connectivity index (χ4v) is 6.75. The Morgan fingerprint density at radius 1 is 0.909 bits per heavy atom. The fourth-order valence-electron chi connectivity index (χ4n) is 5.23. The summed E-state index contributed by atoms with van der Waals surface area (Å²) in [6.45, 7) is 2.83. The first-order chi connectivity index (χ1) is 16.0. The number of aryl methyl sites for hydroxylation is 2. The van der Waals surface area contributed by atoms with Crippen molar-refractivity contribution in [1.29, 1.82) is 0 Å². The second-order valence-electron chi connectivity index (χ2n) is 9.40. The Bertz CT molecular complexity index is 1100. The summed E-state index contributed by atoms with van der Waals surface area (Å²) in [7, 11) is -3.53. The number of piperidine rings is 1. The molecule has 2 saturated heterocycles. The number of amides is 1. The lowest BCUT2D eigenvalue weighted by molar-refractivity contribution is -0.120. The molecular formula is C25H32N4O3S. The lowest BCUT2D eigenvalue weighted by Gasteiger charge is -2.30. The second-order valence-corrected chi connectivity index (χ2v) is 11.3. The van der Waals surface area contributed by atoms with E-state index >= 15 is 0 Å². The van der Waals surface area contributed by atoms with Crippen LogP contribution in [-0.2, 0) is 27.7 Å². The molecule has 1 N–H and O–H groups in total. The molecule has 0 radical (unpaired) electrons. The van der Waals surface area contributed by atoms with Gasteiger partial charge in [-0.3, -0.25) is 4.79 Å². The third-order valence-corrected chi connectivity index (χ3v) is 9.15. The molecule has 5 rings (SSSR count). The zero-order valence-electron chi connectivity index (χ0n) is 19.0. The standard InChI is InChI=1S/C25H32N4O3S/c30-25(27-24-10-8-22(18-26-24)28-13-3-4-14-28)20-11-15-29(16-12-20)33(31,32)23-9-7-19-5-1-2-6-21(19)17-23/h7-10,17-18,20H,1-6,11-16H2,(H,26,27,30). The molecule has 3 heterocycles. The number of benzene rings is 1. The maximum Gasteiger partial charge on any atom is 0.243 e. The zero-order valence-corrected chi connectivity index (χ0v) is 19.8. The number of carbonyl (C=O) groups excluding carboxylic acids is 1. The van der Waals surface area contributed by atoms with E-state index in [1.54, 1.807) is 6.07 Å². The van der Waals surface area contributed by atoms with Crippen LogP contribution in [0.25, 0.3) is 0 Å². The Balaban J connectivity index is 1.17. The lowest BCUT2D eigenvalue weighted by atomic mass is 9.92. The van der Waals surface area contributed by atoms with Crippen molar-refractivity contribution in [2.75, 3.05) is 36.4 Å². The Kier molecular flexibility index (Phi) is 6.38. The van der Waals surface area contributed by atoms with Gasteiger partial charge >= 0.3 is 0 Å². The van der Waals surface area contributed by atoms with Gasteiger partial charge in [-0.25, -0.2) is 13.4 Å². The molecule has 3 aliphatic rings. The predicted molar refractivity (Wildman–Crippen MR) is 129 cm³/mol. The lowest BCUT2D eigenvalue weighted by Crippen LogP contribution is -2.41. The number of hydrogen-bond donors (Lipinski definition) is 1. The summed E-state index contributed by atoms with van der Waals surface area (Å²) >= 11 is 0. The molecule has 1 aliphatic carbocycles.